The number of anilines is 1. The lowest BCUT2D eigenvalue weighted by Crippen LogP contribution is -2.20. The normalized spacial score (nSPS) is 10.5. The van der Waals surface area contributed by atoms with Crippen molar-refractivity contribution < 1.29 is 4.39 Å². The van der Waals surface area contributed by atoms with Crippen LogP contribution < -0.4 is 10.9 Å². The van der Waals surface area contributed by atoms with Crippen molar-refractivity contribution in [1.82, 2.24) is 9.97 Å². The molecule has 0 atom stereocenters. The molecule has 0 unspecified atom stereocenters. The van der Waals surface area contributed by atoms with Gasteiger partial charge in [-0.3, -0.25) is 9.78 Å². The van der Waals surface area contributed by atoms with Gasteiger partial charge in [0.05, 0.1) is 5.69 Å². The lowest BCUT2D eigenvalue weighted by molar-refractivity contribution is 0.588. The molecule has 0 aromatic carbocycles. The number of aryl methyl sites for hydroxylation is 1. The van der Waals surface area contributed by atoms with E-state index in [1.807, 2.05) is 13.8 Å². The molecule has 1 aromatic heterocycles. The molecule has 0 saturated carbocycles. The second kappa shape index (κ2) is 3.55. The summed E-state index contributed by atoms with van der Waals surface area (Å²) in [6.07, 6.45) is 0. The van der Waals surface area contributed by atoms with Gasteiger partial charge < -0.3 is 5.32 Å². The Hall–Kier alpha value is -1.39. The SMILES string of the molecule is Cc1nc(NC(C)C)[nH]c(=O)c1F. The minimum absolute atomic E-state index is 0.104. The van der Waals surface area contributed by atoms with Crippen LogP contribution in [-0.4, -0.2) is 16.0 Å². The molecule has 0 aliphatic heterocycles. The van der Waals surface area contributed by atoms with Gasteiger partial charge in [-0.1, -0.05) is 0 Å². The van der Waals surface area contributed by atoms with Crippen LogP contribution in [-0.2, 0) is 0 Å². The number of nitrogens with zero attached hydrogens (tertiary/aromatic N) is 1. The summed E-state index contributed by atoms with van der Waals surface area (Å²) >= 11 is 0. The van der Waals surface area contributed by atoms with Crippen molar-refractivity contribution in [3.05, 3.63) is 21.9 Å². The van der Waals surface area contributed by atoms with Crippen LogP contribution in [0, 0.1) is 12.7 Å². The number of hydrogen-bond donors (Lipinski definition) is 2. The summed E-state index contributed by atoms with van der Waals surface area (Å²) < 4.78 is 12.8. The Balaban J connectivity index is 3.06. The predicted molar refractivity (Wildman–Crippen MR) is 48.3 cm³/mol. The molecule has 1 aromatic rings. The molecule has 72 valence electrons. The molecule has 0 amide bonds. The van der Waals surface area contributed by atoms with Crippen molar-refractivity contribution >= 4 is 5.95 Å². The van der Waals surface area contributed by atoms with Crippen LogP contribution in [0.1, 0.15) is 19.5 Å². The molecule has 0 saturated heterocycles. The second-order valence-corrected chi connectivity index (χ2v) is 3.11. The Morgan fingerprint density at radius 1 is 1.54 bits per heavy atom. The molecule has 4 nitrogen and oxygen atoms in total. The largest absolute Gasteiger partial charge is 0.354 e. The minimum atomic E-state index is -0.825. The highest BCUT2D eigenvalue weighted by atomic mass is 19.1. The van der Waals surface area contributed by atoms with Gasteiger partial charge in [-0.05, 0) is 20.8 Å². The first-order chi connectivity index (χ1) is 6.00. The molecular weight excluding hydrogens is 173 g/mol. The van der Waals surface area contributed by atoms with Crippen LogP contribution in [0.4, 0.5) is 10.3 Å². The van der Waals surface area contributed by atoms with Gasteiger partial charge >= 0.3 is 0 Å². The zero-order chi connectivity index (χ0) is 10.0. The molecule has 13 heavy (non-hydrogen) atoms. The second-order valence-electron chi connectivity index (χ2n) is 3.11. The fourth-order valence-corrected chi connectivity index (χ4v) is 0.913. The van der Waals surface area contributed by atoms with Crippen LogP contribution in [0.5, 0.6) is 0 Å². The quantitative estimate of drug-likeness (QED) is 0.723. The first-order valence-electron chi connectivity index (χ1n) is 4.03. The van der Waals surface area contributed by atoms with Crippen molar-refractivity contribution in [3.63, 3.8) is 0 Å². The number of H-pyrrole nitrogens is 1. The van der Waals surface area contributed by atoms with Crippen LogP contribution in [0.15, 0.2) is 4.79 Å². The fraction of sp³-hybridized carbons (Fsp3) is 0.500. The average Bonchev–Trinajstić information content (AvgIpc) is 1.98. The maximum Gasteiger partial charge on any atom is 0.288 e. The smallest absolute Gasteiger partial charge is 0.288 e. The van der Waals surface area contributed by atoms with E-state index in [0.717, 1.165) is 0 Å². The van der Waals surface area contributed by atoms with Gasteiger partial charge in [-0.25, -0.2) is 4.98 Å². The van der Waals surface area contributed by atoms with Crippen molar-refractivity contribution in [3.8, 4) is 0 Å². The molecule has 0 radical (unpaired) electrons. The molecule has 0 aliphatic rings. The average molecular weight is 185 g/mol. The van der Waals surface area contributed by atoms with Crippen molar-refractivity contribution in [2.24, 2.45) is 0 Å². The highest BCUT2D eigenvalue weighted by Gasteiger charge is 2.06. The van der Waals surface area contributed by atoms with Crippen LogP contribution >= 0.6 is 0 Å². The van der Waals surface area contributed by atoms with Crippen molar-refractivity contribution in [2.45, 2.75) is 26.8 Å². The van der Waals surface area contributed by atoms with Crippen LogP contribution in [0.2, 0.25) is 0 Å². The number of nitrogens with one attached hydrogen (secondary N) is 2. The van der Waals surface area contributed by atoms with E-state index in [4.69, 9.17) is 0 Å². The molecule has 1 heterocycles. The van der Waals surface area contributed by atoms with Gasteiger partial charge in [0.2, 0.25) is 11.8 Å². The first kappa shape index (κ1) is 9.70. The number of aromatic amines is 1. The zero-order valence-corrected chi connectivity index (χ0v) is 7.81. The van der Waals surface area contributed by atoms with Gasteiger partial charge in [-0.2, -0.15) is 4.39 Å². The zero-order valence-electron chi connectivity index (χ0n) is 7.81. The van der Waals surface area contributed by atoms with Gasteiger partial charge in [0.15, 0.2) is 0 Å². The van der Waals surface area contributed by atoms with E-state index < -0.39 is 11.4 Å². The van der Waals surface area contributed by atoms with Gasteiger partial charge in [0.25, 0.3) is 5.56 Å². The van der Waals surface area contributed by atoms with Gasteiger partial charge in [0.1, 0.15) is 0 Å². The summed E-state index contributed by atoms with van der Waals surface area (Å²) in [7, 11) is 0. The third-order valence-corrected chi connectivity index (χ3v) is 1.45. The Kier molecular flexibility index (Phi) is 2.65. The standard InChI is InChI=1S/C8H12FN3O/c1-4(2)10-8-11-5(3)6(9)7(13)12-8/h4H,1-3H3,(H2,10,11,12,13). The van der Waals surface area contributed by atoms with Gasteiger partial charge in [-0.15, -0.1) is 0 Å². The predicted octanol–water partition coefficient (Wildman–Crippen LogP) is 1.04. The van der Waals surface area contributed by atoms with Crippen LogP contribution in [0.25, 0.3) is 0 Å². The molecule has 0 fully saturated rings. The Bertz CT molecular complexity index is 359. The summed E-state index contributed by atoms with van der Waals surface area (Å²) in [5.41, 5.74) is -0.637. The Labute approximate surface area is 75.2 Å². The summed E-state index contributed by atoms with van der Waals surface area (Å²) in [4.78, 5) is 17.1. The molecule has 0 bridgehead atoms. The minimum Gasteiger partial charge on any atom is -0.354 e. The van der Waals surface area contributed by atoms with E-state index >= 15 is 0 Å². The number of halogens is 1. The summed E-state index contributed by atoms with van der Waals surface area (Å²) in [6, 6.07) is 0.146. The first-order valence-corrected chi connectivity index (χ1v) is 4.03. The van der Waals surface area contributed by atoms with E-state index in [9.17, 15) is 9.18 Å². The van der Waals surface area contributed by atoms with E-state index in [1.54, 1.807) is 0 Å². The maximum absolute atomic E-state index is 12.8. The lowest BCUT2D eigenvalue weighted by Gasteiger charge is -2.08. The van der Waals surface area contributed by atoms with Crippen molar-refractivity contribution in [1.29, 1.82) is 0 Å². The van der Waals surface area contributed by atoms with E-state index in [-0.39, 0.29) is 11.7 Å². The third kappa shape index (κ3) is 2.27. The Morgan fingerprint density at radius 2 is 2.15 bits per heavy atom. The molecule has 1 rings (SSSR count). The van der Waals surface area contributed by atoms with Crippen molar-refractivity contribution in [2.75, 3.05) is 5.32 Å². The van der Waals surface area contributed by atoms with E-state index in [0.29, 0.717) is 5.95 Å². The molecular formula is C8H12FN3O. The number of aromatic nitrogens is 2. The summed E-state index contributed by atoms with van der Waals surface area (Å²) in [6.45, 7) is 5.26. The summed E-state index contributed by atoms with van der Waals surface area (Å²) in [5, 5.41) is 2.88. The van der Waals surface area contributed by atoms with Gasteiger partial charge in [0, 0.05) is 6.04 Å². The molecule has 5 heteroatoms. The van der Waals surface area contributed by atoms with Crippen LogP contribution in [0.3, 0.4) is 0 Å². The molecule has 2 N–H and O–H groups in total. The summed E-state index contributed by atoms with van der Waals surface area (Å²) in [5.74, 6) is -0.520. The highest BCUT2D eigenvalue weighted by Crippen LogP contribution is 2.01. The third-order valence-electron chi connectivity index (χ3n) is 1.45. The number of hydrogen-bond acceptors (Lipinski definition) is 3. The highest BCUT2D eigenvalue weighted by molar-refractivity contribution is 5.26. The molecule has 0 aliphatic carbocycles. The monoisotopic (exact) mass is 185 g/mol. The number of rotatable bonds is 2. The molecule has 0 spiro atoms. The Morgan fingerprint density at radius 3 is 2.62 bits per heavy atom. The van der Waals surface area contributed by atoms with E-state index in [2.05, 4.69) is 15.3 Å². The fourth-order valence-electron chi connectivity index (χ4n) is 0.913. The van der Waals surface area contributed by atoms with E-state index in [1.165, 1.54) is 6.92 Å². The lowest BCUT2D eigenvalue weighted by atomic mass is 10.4. The maximum atomic E-state index is 12.8. The topological polar surface area (TPSA) is 57.8 Å².